The highest BCUT2D eigenvalue weighted by Gasteiger charge is 2.24. The zero-order valence-corrected chi connectivity index (χ0v) is 13.4. The van der Waals surface area contributed by atoms with Crippen LogP contribution in [0.3, 0.4) is 0 Å². The molecule has 2 N–H and O–H groups in total. The molecule has 1 aromatic carbocycles. The van der Waals surface area contributed by atoms with E-state index in [1.807, 2.05) is 26.0 Å². The Hall–Kier alpha value is -1.62. The molecule has 0 unspecified atom stereocenters. The fraction of sp³-hybridized carbons (Fsp3) is 0.562. The van der Waals surface area contributed by atoms with E-state index >= 15 is 0 Å². The first-order valence-corrected chi connectivity index (χ1v) is 7.19. The molecular weight excluding hydrogens is 269 g/mol. The predicted molar refractivity (Wildman–Crippen MR) is 85.3 cm³/mol. The molecule has 0 bridgehead atoms. The van der Waals surface area contributed by atoms with E-state index in [-0.39, 0.29) is 11.2 Å². The third-order valence-electron chi connectivity index (χ3n) is 3.34. The van der Waals surface area contributed by atoms with Gasteiger partial charge in [0.2, 0.25) is 0 Å². The van der Waals surface area contributed by atoms with E-state index in [1.54, 1.807) is 20.2 Å². The topological polar surface area (TPSA) is 45.7 Å². The number of hydrogen-bond acceptors (Lipinski definition) is 2. The number of hydrogen-bond donors (Lipinski definition) is 2. The summed E-state index contributed by atoms with van der Waals surface area (Å²) in [7, 11) is 3.41. The molecule has 21 heavy (non-hydrogen) atoms. The number of nitrogens with zero attached hydrogens (tertiary/aromatic N) is 1. The van der Waals surface area contributed by atoms with Gasteiger partial charge >= 0.3 is 0 Å². The van der Waals surface area contributed by atoms with Gasteiger partial charge in [-0.15, -0.1) is 0 Å². The molecule has 0 aliphatic rings. The van der Waals surface area contributed by atoms with Gasteiger partial charge in [0.15, 0.2) is 5.96 Å². The van der Waals surface area contributed by atoms with E-state index in [2.05, 4.69) is 15.6 Å². The molecule has 0 aromatic heterocycles. The number of rotatable bonds is 7. The van der Waals surface area contributed by atoms with Crippen LogP contribution in [0.1, 0.15) is 25.8 Å². The number of nitrogens with one attached hydrogen (secondary N) is 2. The van der Waals surface area contributed by atoms with Crippen LogP contribution in [0.5, 0.6) is 0 Å². The number of aliphatic imine (C=N–C) groups is 1. The Morgan fingerprint density at radius 2 is 2.00 bits per heavy atom. The van der Waals surface area contributed by atoms with Gasteiger partial charge in [0.25, 0.3) is 0 Å². The molecule has 0 saturated carbocycles. The van der Waals surface area contributed by atoms with E-state index < -0.39 is 0 Å². The van der Waals surface area contributed by atoms with Crippen molar-refractivity contribution in [2.24, 2.45) is 4.99 Å². The van der Waals surface area contributed by atoms with E-state index in [0.717, 1.165) is 18.9 Å². The predicted octanol–water partition coefficient (Wildman–Crippen LogP) is 2.30. The normalized spacial score (nSPS) is 12.3. The first-order valence-electron chi connectivity index (χ1n) is 7.19. The molecule has 0 atom stereocenters. The molecule has 0 amide bonds. The van der Waals surface area contributed by atoms with Crippen molar-refractivity contribution in [3.63, 3.8) is 0 Å². The number of guanidine groups is 1. The molecule has 118 valence electrons. The molecule has 4 nitrogen and oxygen atoms in total. The first-order chi connectivity index (χ1) is 10.0. The number of methoxy groups -OCH3 is 1. The van der Waals surface area contributed by atoms with E-state index in [9.17, 15) is 4.39 Å². The molecule has 0 aliphatic carbocycles. The van der Waals surface area contributed by atoms with Gasteiger partial charge in [0.1, 0.15) is 5.82 Å². The molecule has 0 spiro atoms. The lowest BCUT2D eigenvalue weighted by Crippen LogP contribution is -2.44. The highest BCUT2D eigenvalue weighted by atomic mass is 19.1. The quantitative estimate of drug-likeness (QED) is 0.461. The maximum absolute atomic E-state index is 13.9. The van der Waals surface area contributed by atoms with Crippen LogP contribution in [-0.4, -0.2) is 39.8 Å². The minimum atomic E-state index is -0.324. The summed E-state index contributed by atoms with van der Waals surface area (Å²) < 4.78 is 18.9. The zero-order valence-electron chi connectivity index (χ0n) is 13.4. The Balaban J connectivity index is 2.53. The van der Waals surface area contributed by atoms with Crippen molar-refractivity contribution in [1.82, 2.24) is 10.6 Å². The largest absolute Gasteiger partial charge is 0.385 e. The van der Waals surface area contributed by atoms with E-state index in [0.29, 0.717) is 18.7 Å². The summed E-state index contributed by atoms with van der Waals surface area (Å²) in [6.45, 7) is 6.11. The van der Waals surface area contributed by atoms with Crippen molar-refractivity contribution in [1.29, 1.82) is 0 Å². The molecule has 0 heterocycles. The molecule has 0 fully saturated rings. The number of benzene rings is 1. The van der Waals surface area contributed by atoms with Crippen LogP contribution in [0.25, 0.3) is 0 Å². The van der Waals surface area contributed by atoms with Gasteiger partial charge in [0, 0.05) is 39.3 Å². The van der Waals surface area contributed by atoms with Gasteiger partial charge < -0.3 is 15.4 Å². The van der Waals surface area contributed by atoms with Gasteiger partial charge in [-0.25, -0.2) is 4.39 Å². The van der Waals surface area contributed by atoms with Crippen molar-refractivity contribution >= 4 is 5.96 Å². The lowest BCUT2D eigenvalue weighted by molar-refractivity contribution is 0.195. The van der Waals surface area contributed by atoms with Gasteiger partial charge in [-0.1, -0.05) is 32.0 Å². The Morgan fingerprint density at radius 3 is 2.62 bits per heavy atom. The molecule has 1 aromatic rings. The van der Waals surface area contributed by atoms with Crippen molar-refractivity contribution in [3.8, 4) is 0 Å². The lowest BCUT2D eigenvalue weighted by Gasteiger charge is -2.27. The smallest absolute Gasteiger partial charge is 0.191 e. The number of halogens is 1. The second kappa shape index (κ2) is 8.62. The van der Waals surface area contributed by atoms with E-state index in [4.69, 9.17) is 4.74 Å². The molecule has 0 aliphatic heterocycles. The molecular formula is C16H26FN3O. The average Bonchev–Trinajstić information content (AvgIpc) is 2.47. The fourth-order valence-electron chi connectivity index (χ4n) is 2.05. The zero-order chi connectivity index (χ0) is 15.7. The Morgan fingerprint density at radius 1 is 1.29 bits per heavy atom. The monoisotopic (exact) mass is 295 g/mol. The third-order valence-corrected chi connectivity index (χ3v) is 3.34. The van der Waals surface area contributed by atoms with Gasteiger partial charge in [-0.3, -0.25) is 4.99 Å². The van der Waals surface area contributed by atoms with Crippen LogP contribution in [0.4, 0.5) is 4.39 Å². The van der Waals surface area contributed by atoms with Crippen molar-refractivity contribution < 1.29 is 9.13 Å². The van der Waals surface area contributed by atoms with E-state index in [1.165, 1.54) is 6.07 Å². The standard InChI is InChI=1S/C16H26FN3O/c1-16(2,13-8-5-6-9-14(13)17)12-20-15(18-3)19-10-7-11-21-4/h5-6,8-9H,7,10-12H2,1-4H3,(H2,18,19,20). The Kier molecular flexibility index (Phi) is 7.15. The highest BCUT2D eigenvalue weighted by molar-refractivity contribution is 5.79. The lowest BCUT2D eigenvalue weighted by atomic mass is 9.84. The van der Waals surface area contributed by atoms with Crippen LogP contribution in [-0.2, 0) is 10.2 Å². The highest BCUT2D eigenvalue weighted by Crippen LogP contribution is 2.24. The second-order valence-electron chi connectivity index (χ2n) is 5.56. The van der Waals surface area contributed by atoms with Crippen molar-refractivity contribution in [2.45, 2.75) is 25.7 Å². The van der Waals surface area contributed by atoms with Crippen LogP contribution in [0, 0.1) is 5.82 Å². The van der Waals surface area contributed by atoms with Crippen LogP contribution < -0.4 is 10.6 Å². The van der Waals surface area contributed by atoms with Gasteiger partial charge in [-0.05, 0) is 18.1 Å². The molecule has 0 radical (unpaired) electrons. The van der Waals surface area contributed by atoms with Crippen molar-refractivity contribution in [3.05, 3.63) is 35.6 Å². The summed E-state index contributed by atoms with van der Waals surface area (Å²) in [6.07, 6.45) is 0.911. The van der Waals surface area contributed by atoms with Gasteiger partial charge in [-0.2, -0.15) is 0 Å². The summed E-state index contributed by atoms with van der Waals surface area (Å²) in [6, 6.07) is 6.89. The number of ether oxygens (including phenoxy) is 1. The summed E-state index contributed by atoms with van der Waals surface area (Å²) in [5.41, 5.74) is 0.377. The Labute approximate surface area is 126 Å². The maximum atomic E-state index is 13.9. The molecule has 5 heteroatoms. The summed E-state index contributed by atoms with van der Waals surface area (Å²) in [5, 5.41) is 6.45. The maximum Gasteiger partial charge on any atom is 0.191 e. The molecule has 0 saturated heterocycles. The third kappa shape index (κ3) is 5.71. The van der Waals surface area contributed by atoms with Crippen LogP contribution in [0.2, 0.25) is 0 Å². The summed E-state index contributed by atoms with van der Waals surface area (Å²) in [5.74, 6) is 0.544. The minimum Gasteiger partial charge on any atom is -0.385 e. The molecule has 1 rings (SSSR count). The fourth-order valence-corrected chi connectivity index (χ4v) is 2.05. The summed E-state index contributed by atoms with van der Waals surface area (Å²) in [4.78, 5) is 4.16. The first kappa shape index (κ1) is 17.4. The SMILES string of the molecule is CN=C(NCCCOC)NCC(C)(C)c1ccccc1F. The summed E-state index contributed by atoms with van der Waals surface area (Å²) >= 11 is 0. The van der Waals surface area contributed by atoms with Crippen LogP contribution >= 0.6 is 0 Å². The van der Waals surface area contributed by atoms with Gasteiger partial charge in [0.05, 0.1) is 0 Å². The second-order valence-corrected chi connectivity index (χ2v) is 5.56. The minimum absolute atomic E-state index is 0.174. The van der Waals surface area contributed by atoms with Crippen LogP contribution in [0.15, 0.2) is 29.3 Å². The van der Waals surface area contributed by atoms with Crippen molar-refractivity contribution in [2.75, 3.05) is 33.9 Å². The average molecular weight is 295 g/mol. The Bertz CT molecular complexity index is 461.